The van der Waals surface area contributed by atoms with E-state index >= 15 is 0 Å². The Bertz CT molecular complexity index is 659. The molecule has 0 aliphatic carbocycles. The highest BCUT2D eigenvalue weighted by molar-refractivity contribution is 5.92. The van der Waals surface area contributed by atoms with E-state index < -0.39 is 5.97 Å². The van der Waals surface area contributed by atoms with Crippen LogP contribution in [0.2, 0.25) is 0 Å². The van der Waals surface area contributed by atoms with Crippen LogP contribution in [0.1, 0.15) is 25.8 Å². The highest BCUT2D eigenvalue weighted by Crippen LogP contribution is 2.28. The first-order valence-corrected chi connectivity index (χ1v) is 7.54. The molecule has 0 amide bonds. The van der Waals surface area contributed by atoms with E-state index in [1.54, 1.807) is 0 Å². The van der Waals surface area contributed by atoms with E-state index in [2.05, 4.69) is 26.5 Å². The minimum absolute atomic E-state index is 0.456. The molecule has 0 heterocycles. The number of ether oxygens (including phenoxy) is 2. The molecule has 22 heavy (non-hydrogen) atoms. The SMILES string of the molecule is C=CC(=O)Oc1cc(COCCC(C)C)cc2ccccc12. The van der Waals surface area contributed by atoms with Crippen LogP contribution in [0.4, 0.5) is 0 Å². The molecular formula is C19H22O3. The zero-order valence-corrected chi connectivity index (χ0v) is 13.2. The van der Waals surface area contributed by atoms with Crippen molar-refractivity contribution in [1.82, 2.24) is 0 Å². The van der Waals surface area contributed by atoms with Gasteiger partial charge in [-0.25, -0.2) is 4.79 Å². The van der Waals surface area contributed by atoms with Gasteiger partial charge in [0, 0.05) is 18.1 Å². The fourth-order valence-corrected chi connectivity index (χ4v) is 2.16. The van der Waals surface area contributed by atoms with Gasteiger partial charge in [-0.05, 0) is 35.4 Å². The molecule has 0 fully saturated rings. The Labute approximate surface area is 131 Å². The Morgan fingerprint density at radius 3 is 2.77 bits per heavy atom. The van der Waals surface area contributed by atoms with Gasteiger partial charge in [0.2, 0.25) is 0 Å². The molecule has 3 heteroatoms. The predicted molar refractivity (Wildman–Crippen MR) is 88.9 cm³/mol. The zero-order chi connectivity index (χ0) is 15.9. The van der Waals surface area contributed by atoms with Crippen molar-refractivity contribution in [2.45, 2.75) is 26.9 Å². The van der Waals surface area contributed by atoms with Gasteiger partial charge < -0.3 is 9.47 Å². The van der Waals surface area contributed by atoms with E-state index in [-0.39, 0.29) is 0 Å². The van der Waals surface area contributed by atoms with Gasteiger partial charge in [-0.15, -0.1) is 0 Å². The summed E-state index contributed by atoms with van der Waals surface area (Å²) in [5.41, 5.74) is 0.995. The van der Waals surface area contributed by atoms with Gasteiger partial charge in [0.15, 0.2) is 0 Å². The highest BCUT2D eigenvalue weighted by Gasteiger charge is 2.08. The molecule has 0 aromatic heterocycles. The summed E-state index contributed by atoms with van der Waals surface area (Å²) in [4.78, 5) is 11.5. The first-order chi connectivity index (χ1) is 10.6. The van der Waals surface area contributed by atoms with Crippen molar-refractivity contribution in [3.05, 3.63) is 54.6 Å². The molecule has 0 unspecified atom stereocenters. The maximum Gasteiger partial charge on any atom is 0.335 e. The minimum atomic E-state index is -0.456. The summed E-state index contributed by atoms with van der Waals surface area (Å²) in [5, 5.41) is 1.93. The van der Waals surface area contributed by atoms with Crippen molar-refractivity contribution in [3.63, 3.8) is 0 Å². The Kier molecular flexibility index (Phi) is 5.73. The quantitative estimate of drug-likeness (QED) is 0.327. The molecule has 0 spiro atoms. The van der Waals surface area contributed by atoms with Crippen LogP contribution in [0.3, 0.4) is 0 Å². The number of carbonyl (C=O) groups is 1. The molecule has 0 radical (unpaired) electrons. The molecule has 2 aromatic carbocycles. The summed E-state index contributed by atoms with van der Waals surface area (Å²) < 4.78 is 11.1. The molecule has 116 valence electrons. The van der Waals surface area contributed by atoms with Gasteiger partial charge >= 0.3 is 5.97 Å². The maximum atomic E-state index is 11.5. The van der Waals surface area contributed by atoms with Crippen molar-refractivity contribution in [2.24, 2.45) is 5.92 Å². The third-order valence-electron chi connectivity index (χ3n) is 3.37. The molecule has 0 aliphatic rings. The third kappa shape index (κ3) is 4.43. The van der Waals surface area contributed by atoms with E-state index in [1.165, 1.54) is 6.08 Å². The summed E-state index contributed by atoms with van der Waals surface area (Å²) in [6, 6.07) is 11.7. The number of fused-ring (bicyclic) bond motifs is 1. The second-order valence-electron chi connectivity index (χ2n) is 5.68. The topological polar surface area (TPSA) is 35.5 Å². The van der Waals surface area contributed by atoms with E-state index in [1.807, 2.05) is 30.3 Å². The summed E-state index contributed by atoms with van der Waals surface area (Å²) in [6.07, 6.45) is 2.20. The first-order valence-electron chi connectivity index (χ1n) is 7.54. The average Bonchev–Trinajstić information content (AvgIpc) is 2.51. The average molecular weight is 298 g/mol. The number of hydrogen-bond donors (Lipinski definition) is 0. The number of hydrogen-bond acceptors (Lipinski definition) is 3. The van der Waals surface area contributed by atoms with Crippen LogP contribution < -0.4 is 4.74 Å². The van der Waals surface area contributed by atoms with Crippen LogP contribution in [0.5, 0.6) is 5.75 Å². The van der Waals surface area contributed by atoms with Crippen molar-refractivity contribution in [3.8, 4) is 5.75 Å². The van der Waals surface area contributed by atoms with Gasteiger partial charge in [-0.1, -0.05) is 44.7 Å². The molecule has 0 saturated heterocycles. The predicted octanol–water partition coefficient (Wildman–Crippen LogP) is 4.49. The summed E-state index contributed by atoms with van der Waals surface area (Å²) in [7, 11) is 0. The van der Waals surface area contributed by atoms with Gasteiger partial charge in [0.05, 0.1) is 6.61 Å². The van der Waals surface area contributed by atoms with Crippen LogP contribution in [0, 0.1) is 5.92 Å². The lowest BCUT2D eigenvalue weighted by Gasteiger charge is -2.11. The highest BCUT2D eigenvalue weighted by atomic mass is 16.5. The Morgan fingerprint density at radius 2 is 2.05 bits per heavy atom. The standard InChI is InChI=1S/C19H22O3/c1-4-19(20)22-18-12-15(13-21-10-9-14(2)3)11-16-7-5-6-8-17(16)18/h4-8,11-12,14H,1,9-10,13H2,2-3H3. The first kappa shape index (κ1) is 16.2. The summed E-state index contributed by atoms with van der Waals surface area (Å²) >= 11 is 0. The molecule has 0 saturated carbocycles. The monoisotopic (exact) mass is 298 g/mol. The zero-order valence-electron chi connectivity index (χ0n) is 13.2. The van der Waals surface area contributed by atoms with Crippen LogP contribution in [0.15, 0.2) is 49.1 Å². The maximum absolute atomic E-state index is 11.5. The number of benzene rings is 2. The van der Waals surface area contributed by atoms with Crippen LogP contribution in [-0.2, 0) is 16.1 Å². The van der Waals surface area contributed by atoms with Crippen molar-refractivity contribution >= 4 is 16.7 Å². The van der Waals surface area contributed by atoms with E-state index in [0.717, 1.165) is 29.4 Å². The minimum Gasteiger partial charge on any atom is -0.423 e. The van der Waals surface area contributed by atoms with Crippen LogP contribution in [0.25, 0.3) is 10.8 Å². The number of carbonyl (C=O) groups excluding carboxylic acids is 1. The molecule has 2 rings (SSSR count). The van der Waals surface area contributed by atoms with Gasteiger partial charge in [0.1, 0.15) is 5.75 Å². The molecule has 2 aromatic rings. The van der Waals surface area contributed by atoms with Gasteiger partial charge in [-0.2, -0.15) is 0 Å². The van der Waals surface area contributed by atoms with Gasteiger partial charge in [0.25, 0.3) is 0 Å². The molecule has 3 nitrogen and oxygen atoms in total. The Morgan fingerprint density at radius 1 is 1.27 bits per heavy atom. The lowest BCUT2D eigenvalue weighted by molar-refractivity contribution is -0.128. The van der Waals surface area contributed by atoms with Crippen LogP contribution in [-0.4, -0.2) is 12.6 Å². The fraction of sp³-hybridized carbons (Fsp3) is 0.316. The molecule has 0 N–H and O–H groups in total. The Balaban J connectivity index is 2.20. The van der Waals surface area contributed by atoms with Crippen molar-refractivity contribution in [2.75, 3.05) is 6.61 Å². The Hall–Kier alpha value is -2.13. The molecule has 0 aliphatic heterocycles. The van der Waals surface area contributed by atoms with Crippen LogP contribution >= 0.6 is 0 Å². The smallest absolute Gasteiger partial charge is 0.335 e. The van der Waals surface area contributed by atoms with Crippen molar-refractivity contribution < 1.29 is 14.3 Å². The largest absolute Gasteiger partial charge is 0.423 e. The second-order valence-corrected chi connectivity index (χ2v) is 5.68. The lowest BCUT2D eigenvalue weighted by atomic mass is 10.1. The van der Waals surface area contributed by atoms with E-state index in [0.29, 0.717) is 18.3 Å². The molecule has 0 atom stereocenters. The van der Waals surface area contributed by atoms with Gasteiger partial charge in [-0.3, -0.25) is 0 Å². The second kappa shape index (κ2) is 7.76. The lowest BCUT2D eigenvalue weighted by Crippen LogP contribution is -2.05. The fourth-order valence-electron chi connectivity index (χ4n) is 2.16. The van der Waals surface area contributed by atoms with E-state index in [4.69, 9.17) is 9.47 Å². The summed E-state index contributed by atoms with van der Waals surface area (Å²) in [6.45, 7) is 9.02. The molecular weight excluding hydrogens is 276 g/mol. The normalized spacial score (nSPS) is 10.9. The third-order valence-corrected chi connectivity index (χ3v) is 3.37. The number of esters is 1. The van der Waals surface area contributed by atoms with Crippen molar-refractivity contribution in [1.29, 1.82) is 0 Å². The molecule has 0 bridgehead atoms. The van der Waals surface area contributed by atoms with E-state index in [9.17, 15) is 4.79 Å². The summed E-state index contributed by atoms with van der Waals surface area (Å²) in [5.74, 6) is 0.717. The number of rotatable bonds is 7.